The average molecular weight is 382 g/mol. The van der Waals surface area contributed by atoms with E-state index in [-0.39, 0.29) is 18.4 Å². The summed E-state index contributed by atoms with van der Waals surface area (Å²) in [6, 6.07) is 7.77. The van der Waals surface area contributed by atoms with Gasteiger partial charge >= 0.3 is 0 Å². The monoisotopic (exact) mass is 382 g/mol. The Balaban J connectivity index is 2.09. The minimum Gasteiger partial charge on any atom is -0.497 e. The van der Waals surface area contributed by atoms with Crippen molar-refractivity contribution in [2.45, 2.75) is 40.2 Å². The predicted octanol–water partition coefficient (Wildman–Crippen LogP) is 2.51. The van der Waals surface area contributed by atoms with Crippen molar-refractivity contribution in [1.82, 2.24) is 20.0 Å². The number of aryl methyl sites for hydroxylation is 3. The number of nitrogens with one attached hydrogen (secondary N) is 2. The lowest BCUT2D eigenvalue weighted by Crippen LogP contribution is -2.34. The number of hydrogen-bond acceptors (Lipinski definition) is 6. The summed E-state index contributed by atoms with van der Waals surface area (Å²) in [5.74, 6) is 6.55. The molecule has 1 unspecified atom stereocenters. The van der Waals surface area contributed by atoms with E-state index >= 15 is 0 Å². The van der Waals surface area contributed by atoms with Crippen LogP contribution in [0, 0.1) is 20.8 Å². The number of benzene rings is 1. The zero-order valence-electron chi connectivity index (χ0n) is 16.8. The summed E-state index contributed by atoms with van der Waals surface area (Å²) in [5, 5.41) is 8.04. The number of ether oxygens (including phenoxy) is 1. The molecule has 0 fully saturated rings. The zero-order chi connectivity index (χ0) is 20.4. The predicted molar refractivity (Wildman–Crippen MR) is 109 cm³/mol. The Morgan fingerprint density at radius 3 is 2.68 bits per heavy atom. The highest BCUT2D eigenvalue weighted by Gasteiger charge is 2.19. The molecule has 0 saturated heterocycles. The molecule has 0 radical (unpaired) electrons. The number of methoxy groups -OCH3 is 1. The third-order valence-electron chi connectivity index (χ3n) is 4.64. The van der Waals surface area contributed by atoms with Gasteiger partial charge in [-0.2, -0.15) is 9.61 Å². The molecule has 148 valence electrons. The van der Waals surface area contributed by atoms with E-state index < -0.39 is 0 Å². The summed E-state index contributed by atoms with van der Waals surface area (Å²) in [6.45, 7) is 7.87. The van der Waals surface area contributed by atoms with Crippen LogP contribution in [-0.2, 0) is 4.79 Å². The molecule has 1 atom stereocenters. The van der Waals surface area contributed by atoms with Crippen molar-refractivity contribution in [1.29, 1.82) is 0 Å². The molecule has 0 aliphatic carbocycles. The number of fused-ring (bicyclic) bond motifs is 1. The van der Waals surface area contributed by atoms with Gasteiger partial charge in [0.1, 0.15) is 11.6 Å². The Bertz CT molecular complexity index is 1030. The van der Waals surface area contributed by atoms with Crippen LogP contribution in [0.5, 0.6) is 5.75 Å². The number of hydrogen-bond donors (Lipinski definition) is 3. The van der Waals surface area contributed by atoms with Gasteiger partial charge in [0.2, 0.25) is 5.91 Å². The molecule has 8 nitrogen and oxygen atoms in total. The topological polar surface area (TPSA) is 107 Å². The number of rotatable bonds is 6. The van der Waals surface area contributed by atoms with E-state index in [4.69, 9.17) is 20.7 Å². The largest absolute Gasteiger partial charge is 0.497 e. The van der Waals surface area contributed by atoms with Crippen LogP contribution in [-0.4, -0.2) is 33.7 Å². The molecule has 0 bridgehead atoms. The van der Waals surface area contributed by atoms with Crippen molar-refractivity contribution in [3.63, 3.8) is 0 Å². The molecule has 4 N–H and O–H groups in total. The maximum Gasteiger partial charge on any atom is 0.235 e. The lowest BCUT2D eigenvalue weighted by Gasteiger charge is -2.16. The maximum atomic E-state index is 11.6. The second-order valence-corrected chi connectivity index (χ2v) is 6.98. The number of amides is 1. The van der Waals surface area contributed by atoms with Crippen molar-refractivity contribution in [2.24, 2.45) is 5.84 Å². The quantitative estimate of drug-likeness (QED) is 0.344. The van der Waals surface area contributed by atoms with E-state index in [1.165, 1.54) is 0 Å². The van der Waals surface area contributed by atoms with E-state index in [0.29, 0.717) is 0 Å². The van der Waals surface area contributed by atoms with Crippen LogP contribution in [0.1, 0.15) is 30.3 Å². The van der Waals surface area contributed by atoms with Crippen LogP contribution in [0.3, 0.4) is 0 Å². The first-order valence-corrected chi connectivity index (χ1v) is 9.12. The minimum absolute atomic E-state index is 0.121. The van der Waals surface area contributed by atoms with Gasteiger partial charge in [-0.05, 0) is 51.0 Å². The highest BCUT2D eigenvalue weighted by molar-refractivity contribution is 5.83. The highest BCUT2D eigenvalue weighted by Crippen LogP contribution is 2.33. The Kier molecular flexibility index (Phi) is 5.51. The van der Waals surface area contributed by atoms with Crippen LogP contribution in [0.4, 0.5) is 5.82 Å². The molecule has 0 aliphatic rings. The molecular weight excluding hydrogens is 356 g/mol. The first-order chi connectivity index (χ1) is 13.3. The molecule has 3 aromatic rings. The number of carbonyl (C=O) groups is 1. The Morgan fingerprint density at radius 2 is 2.04 bits per heavy atom. The standard InChI is InChI=1S/C20H26N6O2/c1-11-8-15(28-5)6-7-16(11)19-14(4)25-26-17(9-12(2)23-20(19)26)22-13(3)10-18(27)24-21/h6-9,13,22H,10,21H2,1-5H3,(H,24,27). The van der Waals surface area contributed by atoms with Gasteiger partial charge in [0, 0.05) is 29.8 Å². The van der Waals surface area contributed by atoms with Gasteiger partial charge in [-0.3, -0.25) is 10.2 Å². The molecule has 3 rings (SSSR count). The van der Waals surface area contributed by atoms with Crippen molar-refractivity contribution in [3.05, 3.63) is 41.2 Å². The van der Waals surface area contributed by atoms with Crippen LogP contribution in [0.2, 0.25) is 0 Å². The first-order valence-electron chi connectivity index (χ1n) is 9.12. The molecule has 2 heterocycles. The maximum absolute atomic E-state index is 11.6. The fourth-order valence-corrected chi connectivity index (χ4v) is 3.35. The third kappa shape index (κ3) is 3.77. The van der Waals surface area contributed by atoms with Gasteiger partial charge in [0.05, 0.1) is 12.8 Å². The van der Waals surface area contributed by atoms with Crippen molar-refractivity contribution in [2.75, 3.05) is 12.4 Å². The van der Waals surface area contributed by atoms with Crippen molar-refractivity contribution in [3.8, 4) is 16.9 Å². The summed E-state index contributed by atoms with van der Waals surface area (Å²) >= 11 is 0. The Morgan fingerprint density at radius 1 is 1.29 bits per heavy atom. The lowest BCUT2D eigenvalue weighted by molar-refractivity contribution is -0.121. The molecule has 1 amide bonds. The Hall–Kier alpha value is -3.13. The summed E-state index contributed by atoms with van der Waals surface area (Å²) in [5.41, 5.74) is 7.79. The SMILES string of the molecule is COc1ccc(-c2c(C)nn3c(NC(C)CC(=O)NN)cc(C)nc23)c(C)c1. The lowest BCUT2D eigenvalue weighted by atomic mass is 10.0. The molecular formula is C20H26N6O2. The second kappa shape index (κ2) is 7.85. The number of nitrogens with two attached hydrogens (primary N) is 1. The highest BCUT2D eigenvalue weighted by atomic mass is 16.5. The summed E-state index contributed by atoms with van der Waals surface area (Å²) in [4.78, 5) is 16.3. The number of anilines is 1. The molecule has 8 heteroatoms. The zero-order valence-corrected chi connectivity index (χ0v) is 16.8. The molecule has 0 spiro atoms. The van der Waals surface area contributed by atoms with Crippen LogP contribution in [0.25, 0.3) is 16.8 Å². The van der Waals surface area contributed by atoms with E-state index in [0.717, 1.165) is 45.3 Å². The summed E-state index contributed by atoms with van der Waals surface area (Å²) in [7, 11) is 1.66. The molecule has 1 aromatic carbocycles. The van der Waals surface area contributed by atoms with Gasteiger partial charge in [-0.1, -0.05) is 6.07 Å². The van der Waals surface area contributed by atoms with E-state index in [9.17, 15) is 4.79 Å². The van der Waals surface area contributed by atoms with Gasteiger partial charge in [-0.25, -0.2) is 10.8 Å². The summed E-state index contributed by atoms with van der Waals surface area (Å²) < 4.78 is 7.11. The van der Waals surface area contributed by atoms with E-state index in [1.54, 1.807) is 11.6 Å². The number of nitrogens with zero attached hydrogens (tertiary/aromatic N) is 3. The molecule has 0 saturated carbocycles. The van der Waals surface area contributed by atoms with Gasteiger partial charge in [0.25, 0.3) is 0 Å². The average Bonchev–Trinajstić information content (AvgIpc) is 2.97. The molecule has 28 heavy (non-hydrogen) atoms. The van der Waals surface area contributed by atoms with E-state index in [2.05, 4.69) is 10.7 Å². The van der Waals surface area contributed by atoms with Crippen LogP contribution < -0.4 is 21.3 Å². The van der Waals surface area contributed by atoms with Crippen LogP contribution >= 0.6 is 0 Å². The van der Waals surface area contributed by atoms with Crippen molar-refractivity contribution < 1.29 is 9.53 Å². The van der Waals surface area contributed by atoms with Gasteiger partial charge in [0.15, 0.2) is 5.65 Å². The second-order valence-electron chi connectivity index (χ2n) is 6.98. The number of aromatic nitrogens is 3. The molecule has 2 aromatic heterocycles. The van der Waals surface area contributed by atoms with E-state index in [1.807, 2.05) is 52.0 Å². The first kappa shape index (κ1) is 19.6. The van der Waals surface area contributed by atoms with Crippen molar-refractivity contribution >= 4 is 17.4 Å². The third-order valence-corrected chi connectivity index (χ3v) is 4.64. The Labute approximate surface area is 164 Å². The normalized spacial score (nSPS) is 12.1. The number of hydrazine groups is 1. The smallest absolute Gasteiger partial charge is 0.235 e. The molecule has 0 aliphatic heterocycles. The van der Waals surface area contributed by atoms with Crippen LogP contribution in [0.15, 0.2) is 24.3 Å². The number of carbonyl (C=O) groups excluding carboxylic acids is 1. The minimum atomic E-state index is -0.229. The van der Waals surface area contributed by atoms with Gasteiger partial charge in [-0.15, -0.1) is 0 Å². The van der Waals surface area contributed by atoms with Gasteiger partial charge < -0.3 is 10.1 Å². The fraction of sp³-hybridized carbons (Fsp3) is 0.350. The summed E-state index contributed by atoms with van der Waals surface area (Å²) in [6.07, 6.45) is 0.254. The fourth-order valence-electron chi connectivity index (χ4n) is 3.35.